The largest absolute Gasteiger partial charge is 0.363 e. The van der Waals surface area contributed by atoms with Crippen molar-refractivity contribution < 1.29 is 4.39 Å². The van der Waals surface area contributed by atoms with Gasteiger partial charge in [-0.25, -0.2) is 20.2 Å². The summed E-state index contributed by atoms with van der Waals surface area (Å²) in [5.41, 5.74) is 3.15. The van der Waals surface area contributed by atoms with Gasteiger partial charge in [-0.3, -0.25) is 0 Å². The van der Waals surface area contributed by atoms with Crippen LogP contribution in [0.25, 0.3) is 0 Å². The van der Waals surface area contributed by atoms with Gasteiger partial charge in [0.05, 0.1) is 6.04 Å². The summed E-state index contributed by atoms with van der Waals surface area (Å²) in [6, 6.07) is 8.24. The second-order valence-electron chi connectivity index (χ2n) is 5.30. The monoisotopic (exact) mass is 287 g/mol. The molecule has 110 valence electrons. The SMILES string of the molecule is CC(Nc1cc(NN)nc(C2CC2)n1)c1ccccc1F. The first-order chi connectivity index (χ1) is 10.2. The maximum Gasteiger partial charge on any atom is 0.145 e. The number of nitrogens with one attached hydrogen (secondary N) is 2. The van der Waals surface area contributed by atoms with Gasteiger partial charge in [0.25, 0.3) is 0 Å². The minimum Gasteiger partial charge on any atom is -0.363 e. The van der Waals surface area contributed by atoms with Crippen LogP contribution in [0, 0.1) is 5.82 Å². The molecule has 1 atom stereocenters. The van der Waals surface area contributed by atoms with Crippen LogP contribution in [-0.2, 0) is 0 Å². The predicted molar refractivity (Wildman–Crippen MR) is 80.3 cm³/mol. The normalized spacial score (nSPS) is 15.6. The number of nitrogen functional groups attached to an aromatic ring is 1. The molecule has 1 aromatic heterocycles. The average Bonchev–Trinajstić information content (AvgIpc) is 3.32. The average molecular weight is 287 g/mol. The molecule has 1 unspecified atom stereocenters. The van der Waals surface area contributed by atoms with Crippen LogP contribution in [0.2, 0.25) is 0 Å². The lowest BCUT2D eigenvalue weighted by Crippen LogP contribution is -2.14. The lowest BCUT2D eigenvalue weighted by molar-refractivity contribution is 0.600. The van der Waals surface area contributed by atoms with E-state index in [4.69, 9.17) is 5.84 Å². The highest BCUT2D eigenvalue weighted by Gasteiger charge is 2.27. The van der Waals surface area contributed by atoms with E-state index in [0.29, 0.717) is 23.1 Å². The molecule has 1 aliphatic rings. The second kappa shape index (κ2) is 5.65. The molecular weight excluding hydrogens is 269 g/mol. The number of hydrogen-bond donors (Lipinski definition) is 3. The highest BCUT2D eigenvalue weighted by Crippen LogP contribution is 2.39. The van der Waals surface area contributed by atoms with Crippen molar-refractivity contribution in [1.82, 2.24) is 9.97 Å². The van der Waals surface area contributed by atoms with E-state index in [1.807, 2.05) is 13.0 Å². The van der Waals surface area contributed by atoms with Crippen molar-refractivity contribution in [1.29, 1.82) is 0 Å². The lowest BCUT2D eigenvalue weighted by atomic mass is 10.1. The van der Waals surface area contributed by atoms with Crippen LogP contribution in [-0.4, -0.2) is 9.97 Å². The molecule has 0 saturated heterocycles. The van der Waals surface area contributed by atoms with Crippen LogP contribution < -0.4 is 16.6 Å². The number of nitrogens with two attached hydrogens (primary N) is 1. The second-order valence-corrected chi connectivity index (χ2v) is 5.30. The van der Waals surface area contributed by atoms with Gasteiger partial charge in [0.15, 0.2) is 0 Å². The number of aromatic nitrogens is 2. The van der Waals surface area contributed by atoms with E-state index in [1.54, 1.807) is 18.2 Å². The summed E-state index contributed by atoms with van der Waals surface area (Å²) in [7, 11) is 0. The Bertz CT molecular complexity index is 642. The van der Waals surface area contributed by atoms with Gasteiger partial charge in [-0.2, -0.15) is 0 Å². The van der Waals surface area contributed by atoms with E-state index in [2.05, 4.69) is 20.7 Å². The fourth-order valence-corrected chi connectivity index (χ4v) is 2.26. The van der Waals surface area contributed by atoms with E-state index in [1.165, 1.54) is 6.07 Å². The molecule has 2 aromatic rings. The van der Waals surface area contributed by atoms with Gasteiger partial charge < -0.3 is 10.7 Å². The molecule has 1 aliphatic carbocycles. The van der Waals surface area contributed by atoms with Crippen LogP contribution in [0.3, 0.4) is 0 Å². The van der Waals surface area contributed by atoms with Crippen molar-refractivity contribution in [2.45, 2.75) is 31.7 Å². The van der Waals surface area contributed by atoms with Crippen molar-refractivity contribution in [3.8, 4) is 0 Å². The first-order valence-corrected chi connectivity index (χ1v) is 7.04. The summed E-state index contributed by atoms with van der Waals surface area (Å²) in [6.45, 7) is 1.90. The molecule has 0 radical (unpaired) electrons. The third-order valence-electron chi connectivity index (χ3n) is 3.57. The quantitative estimate of drug-likeness (QED) is 0.582. The van der Waals surface area contributed by atoms with Crippen molar-refractivity contribution >= 4 is 11.6 Å². The Kier molecular flexibility index (Phi) is 3.70. The Morgan fingerprint density at radius 3 is 2.62 bits per heavy atom. The van der Waals surface area contributed by atoms with Crippen LogP contribution in [0.5, 0.6) is 0 Å². The van der Waals surface area contributed by atoms with Crippen molar-refractivity contribution in [3.63, 3.8) is 0 Å². The molecule has 0 spiro atoms. The molecule has 1 heterocycles. The standard InChI is InChI=1S/C15H18FN5/c1-9(11-4-2-3-5-12(11)16)18-13-8-14(21-17)20-15(19-13)10-6-7-10/h2-5,8-10H,6-7,17H2,1H3,(H2,18,19,20,21). The minimum absolute atomic E-state index is 0.196. The summed E-state index contributed by atoms with van der Waals surface area (Å²) in [4.78, 5) is 8.85. The Hall–Kier alpha value is -2.21. The van der Waals surface area contributed by atoms with Gasteiger partial charge in [0, 0.05) is 17.5 Å². The van der Waals surface area contributed by atoms with Gasteiger partial charge in [0.2, 0.25) is 0 Å². The summed E-state index contributed by atoms with van der Waals surface area (Å²) in [6.07, 6.45) is 2.21. The predicted octanol–water partition coefficient (Wildman–Crippen LogP) is 2.95. The Morgan fingerprint density at radius 2 is 1.95 bits per heavy atom. The molecule has 1 saturated carbocycles. The fraction of sp³-hybridized carbons (Fsp3) is 0.333. The van der Waals surface area contributed by atoms with Gasteiger partial charge >= 0.3 is 0 Å². The van der Waals surface area contributed by atoms with Crippen molar-refractivity contribution in [2.24, 2.45) is 5.84 Å². The van der Waals surface area contributed by atoms with Crippen LogP contribution >= 0.6 is 0 Å². The van der Waals surface area contributed by atoms with E-state index >= 15 is 0 Å². The van der Waals surface area contributed by atoms with Gasteiger partial charge in [0.1, 0.15) is 23.3 Å². The first kappa shape index (κ1) is 13.8. The zero-order valence-corrected chi connectivity index (χ0v) is 11.8. The molecule has 1 fully saturated rings. The number of hydrogen-bond acceptors (Lipinski definition) is 5. The Morgan fingerprint density at radius 1 is 1.24 bits per heavy atom. The highest BCUT2D eigenvalue weighted by molar-refractivity contribution is 5.49. The number of nitrogens with zero attached hydrogens (tertiary/aromatic N) is 2. The molecule has 21 heavy (non-hydrogen) atoms. The van der Waals surface area contributed by atoms with E-state index in [9.17, 15) is 4.39 Å². The number of anilines is 2. The van der Waals surface area contributed by atoms with E-state index in [-0.39, 0.29) is 11.9 Å². The fourth-order valence-electron chi connectivity index (χ4n) is 2.26. The third-order valence-corrected chi connectivity index (χ3v) is 3.57. The van der Waals surface area contributed by atoms with Gasteiger partial charge in [-0.05, 0) is 25.8 Å². The zero-order chi connectivity index (χ0) is 14.8. The molecule has 4 N–H and O–H groups in total. The Labute approximate surface area is 122 Å². The zero-order valence-electron chi connectivity index (χ0n) is 11.8. The van der Waals surface area contributed by atoms with E-state index in [0.717, 1.165) is 18.7 Å². The minimum atomic E-state index is -0.230. The highest BCUT2D eigenvalue weighted by atomic mass is 19.1. The Balaban J connectivity index is 1.83. The van der Waals surface area contributed by atoms with Gasteiger partial charge in [-0.1, -0.05) is 18.2 Å². The smallest absolute Gasteiger partial charge is 0.145 e. The molecule has 6 heteroatoms. The summed E-state index contributed by atoms with van der Waals surface area (Å²) >= 11 is 0. The van der Waals surface area contributed by atoms with Gasteiger partial charge in [-0.15, -0.1) is 0 Å². The molecule has 0 aliphatic heterocycles. The number of hydrazine groups is 1. The maximum absolute atomic E-state index is 13.8. The van der Waals surface area contributed by atoms with E-state index < -0.39 is 0 Å². The third kappa shape index (κ3) is 3.11. The molecule has 0 amide bonds. The summed E-state index contributed by atoms with van der Waals surface area (Å²) in [5.74, 6) is 7.63. The lowest BCUT2D eigenvalue weighted by Gasteiger charge is -2.16. The number of rotatable bonds is 5. The molecule has 1 aromatic carbocycles. The topological polar surface area (TPSA) is 75.9 Å². The summed E-state index contributed by atoms with van der Waals surface area (Å²) in [5, 5.41) is 3.21. The molecule has 5 nitrogen and oxygen atoms in total. The summed E-state index contributed by atoms with van der Waals surface area (Å²) < 4.78 is 13.8. The molecular formula is C15H18FN5. The van der Waals surface area contributed by atoms with Crippen LogP contribution in [0.1, 0.15) is 43.1 Å². The maximum atomic E-state index is 13.8. The van der Waals surface area contributed by atoms with Crippen LogP contribution in [0.15, 0.2) is 30.3 Å². The van der Waals surface area contributed by atoms with Crippen LogP contribution in [0.4, 0.5) is 16.0 Å². The van der Waals surface area contributed by atoms with Crippen molar-refractivity contribution in [2.75, 3.05) is 10.7 Å². The number of halogens is 1. The van der Waals surface area contributed by atoms with Crippen molar-refractivity contribution in [3.05, 3.63) is 47.5 Å². The first-order valence-electron chi connectivity index (χ1n) is 7.04. The molecule has 3 rings (SSSR count). The molecule has 0 bridgehead atoms. The number of benzene rings is 1.